The molecule has 0 saturated heterocycles. The van der Waals surface area contributed by atoms with Crippen molar-refractivity contribution in [2.24, 2.45) is 5.73 Å². The highest BCUT2D eigenvalue weighted by Crippen LogP contribution is 2.04. The molecule has 2 heteroatoms. The lowest BCUT2D eigenvalue weighted by Crippen LogP contribution is -2.22. The molecule has 1 rings (SSSR count). The molecule has 0 aliphatic carbocycles. The van der Waals surface area contributed by atoms with E-state index < -0.39 is 0 Å². The van der Waals surface area contributed by atoms with Crippen molar-refractivity contribution < 1.29 is 0 Å². The zero-order valence-corrected chi connectivity index (χ0v) is 7.79. The van der Waals surface area contributed by atoms with Gasteiger partial charge in [-0.1, -0.05) is 19.8 Å². The third-order valence-electron chi connectivity index (χ3n) is 2.09. The number of hydrogen-bond donors (Lipinski definition) is 1. The summed E-state index contributed by atoms with van der Waals surface area (Å²) < 4.78 is 0. The second kappa shape index (κ2) is 4.86. The minimum Gasteiger partial charge on any atom is -0.399 e. The molecule has 0 aromatic heterocycles. The van der Waals surface area contributed by atoms with Gasteiger partial charge in [0.25, 0.3) is 0 Å². The molecule has 0 radical (unpaired) electrons. The summed E-state index contributed by atoms with van der Waals surface area (Å²) in [5, 5.41) is 0. The van der Waals surface area contributed by atoms with Gasteiger partial charge in [-0.15, -0.1) is 0 Å². The third-order valence-corrected chi connectivity index (χ3v) is 2.09. The number of nitrogens with two attached hydrogens (primary N) is 1. The molecule has 0 fully saturated rings. The topological polar surface area (TPSA) is 29.3 Å². The molecule has 0 amide bonds. The Hall–Kier alpha value is -0.920. The predicted molar refractivity (Wildman–Crippen MR) is 52.5 cm³/mol. The highest BCUT2D eigenvalue weighted by Gasteiger charge is 2.00. The summed E-state index contributed by atoms with van der Waals surface area (Å²) in [7, 11) is 0. The van der Waals surface area contributed by atoms with Crippen molar-refractivity contribution in [2.75, 3.05) is 13.1 Å². The van der Waals surface area contributed by atoms with Crippen LogP contribution in [0.3, 0.4) is 0 Å². The summed E-state index contributed by atoms with van der Waals surface area (Å²) >= 11 is 0. The summed E-state index contributed by atoms with van der Waals surface area (Å²) in [6.07, 6.45) is 10.0. The molecule has 0 aromatic carbocycles. The van der Waals surface area contributed by atoms with E-state index in [2.05, 4.69) is 24.1 Å². The maximum absolute atomic E-state index is 5.60. The molecule has 1 aliphatic rings. The molecule has 68 valence electrons. The van der Waals surface area contributed by atoms with E-state index in [1.807, 2.05) is 6.08 Å². The van der Waals surface area contributed by atoms with Crippen LogP contribution in [0.1, 0.15) is 26.2 Å². The van der Waals surface area contributed by atoms with Gasteiger partial charge in [0.1, 0.15) is 0 Å². The Morgan fingerprint density at radius 3 is 2.92 bits per heavy atom. The molecule has 12 heavy (non-hydrogen) atoms. The number of allylic oxidation sites excluding steroid dienone is 1. The van der Waals surface area contributed by atoms with E-state index >= 15 is 0 Å². The van der Waals surface area contributed by atoms with Gasteiger partial charge in [0.05, 0.1) is 0 Å². The number of unbranched alkanes of at least 4 members (excludes halogenated alkanes) is 2. The van der Waals surface area contributed by atoms with Crippen LogP contribution in [0.4, 0.5) is 0 Å². The summed E-state index contributed by atoms with van der Waals surface area (Å²) in [5.41, 5.74) is 6.49. The van der Waals surface area contributed by atoms with E-state index in [1.54, 1.807) is 0 Å². The van der Waals surface area contributed by atoms with Crippen LogP contribution >= 0.6 is 0 Å². The van der Waals surface area contributed by atoms with Gasteiger partial charge in [0.2, 0.25) is 0 Å². The first kappa shape index (κ1) is 9.17. The first-order valence-electron chi connectivity index (χ1n) is 4.71. The molecule has 2 N–H and O–H groups in total. The van der Waals surface area contributed by atoms with Crippen molar-refractivity contribution in [1.82, 2.24) is 4.90 Å². The van der Waals surface area contributed by atoms with E-state index in [9.17, 15) is 0 Å². The van der Waals surface area contributed by atoms with Gasteiger partial charge in [-0.25, -0.2) is 0 Å². The van der Waals surface area contributed by atoms with Crippen LogP contribution < -0.4 is 5.73 Å². The van der Waals surface area contributed by atoms with Gasteiger partial charge < -0.3 is 10.6 Å². The monoisotopic (exact) mass is 166 g/mol. The molecule has 0 aromatic rings. The molecule has 0 unspecified atom stereocenters. The summed E-state index contributed by atoms with van der Waals surface area (Å²) in [6, 6.07) is 0. The average molecular weight is 166 g/mol. The maximum Gasteiger partial charge on any atom is 0.0376 e. The molecule has 0 spiro atoms. The van der Waals surface area contributed by atoms with Gasteiger partial charge in [-0.05, 0) is 18.6 Å². The van der Waals surface area contributed by atoms with Crippen LogP contribution in [0.2, 0.25) is 0 Å². The SMILES string of the molecule is CCCCCN1C=CC(N)=CC1. The highest BCUT2D eigenvalue weighted by atomic mass is 15.1. The lowest BCUT2D eigenvalue weighted by molar-refractivity contribution is 0.394. The third kappa shape index (κ3) is 2.99. The zero-order valence-electron chi connectivity index (χ0n) is 7.79. The Balaban J connectivity index is 2.16. The molecule has 2 nitrogen and oxygen atoms in total. The Labute approximate surface area is 74.7 Å². The first-order chi connectivity index (χ1) is 5.83. The quantitative estimate of drug-likeness (QED) is 0.646. The second-order valence-electron chi connectivity index (χ2n) is 3.22. The Morgan fingerprint density at radius 1 is 1.50 bits per heavy atom. The van der Waals surface area contributed by atoms with Crippen LogP contribution in [0.5, 0.6) is 0 Å². The van der Waals surface area contributed by atoms with Gasteiger partial charge in [0, 0.05) is 25.0 Å². The van der Waals surface area contributed by atoms with Crippen LogP contribution in [-0.4, -0.2) is 18.0 Å². The van der Waals surface area contributed by atoms with E-state index in [-0.39, 0.29) is 0 Å². The second-order valence-corrected chi connectivity index (χ2v) is 3.22. The van der Waals surface area contributed by atoms with Crippen LogP contribution in [0.15, 0.2) is 24.0 Å². The summed E-state index contributed by atoms with van der Waals surface area (Å²) in [6.45, 7) is 4.37. The van der Waals surface area contributed by atoms with Crippen LogP contribution in [0, 0.1) is 0 Å². The molecular formula is C10H18N2. The van der Waals surface area contributed by atoms with Gasteiger partial charge in [-0.2, -0.15) is 0 Å². The normalized spacial score (nSPS) is 16.4. The smallest absolute Gasteiger partial charge is 0.0376 e. The molecule has 0 saturated carbocycles. The van der Waals surface area contributed by atoms with Crippen molar-refractivity contribution in [1.29, 1.82) is 0 Å². The minimum atomic E-state index is 0.891. The van der Waals surface area contributed by atoms with E-state index in [0.29, 0.717) is 0 Å². The van der Waals surface area contributed by atoms with E-state index in [0.717, 1.165) is 18.8 Å². The van der Waals surface area contributed by atoms with E-state index in [1.165, 1.54) is 19.3 Å². The molecule has 1 heterocycles. The van der Waals surface area contributed by atoms with E-state index in [4.69, 9.17) is 5.73 Å². The van der Waals surface area contributed by atoms with Crippen molar-refractivity contribution in [3.05, 3.63) is 24.0 Å². The molecule has 0 atom stereocenters. The van der Waals surface area contributed by atoms with Gasteiger partial charge in [-0.3, -0.25) is 0 Å². The summed E-state index contributed by atoms with van der Waals surface area (Å²) in [4.78, 5) is 2.30. The largest absolute Gasteiger partial charge is 0.399 e. The molecule has 1 aliphatic heterocycles. The van der Waals surface area contributed by atoms with Gasteiger partial charge >= 0.3 is 0 Å². The number of rotatable bonds is 4. The predicted octanol–water partition coefficient (Wildman–Crippen LogP) is 1.85. The number of hydrogen-bond acceptors (Lipinski definition) is 2. The molecular weight excluding hydrogens is 148 g/mol. The lowest BCUT2D eigenvalue weighted by Gasteiger charge is -2.21. The maximum atomic E-state index is 5.60. The fourth-order valence-electron chi connectivity index (χ4n) is 1.27. The van der Waals surface area contributed by atoms with Crippen LogP contribution in [-0.2, 0) is 0 Å². The van der Waals surface area contributed by atoms with Crippen molar-refractivity contribution >= 4 is 0 Å². The summed E-state index contributed by atoms with van der Waals surface area (Å²) in [5.74, 6) is 0. The first-order valence-corrected chi connectivity index (χ1v) is 4.71. The van der Waals surface area contributed by atoms with Crippen molar-refractivity contribution in [3.63, 3.8) is 0 Å². The minimum absolute atomic E-state index is 0.891. The lowest BCUT2D eigenvalue weighted by atomic mass is 10.2. The average Bonchev–Trinajstić information content (AvgIpc) is 2.09. The van der Waals surface area contributed by atoms with Crippen LogP contribution in [0.25, 0.3) is 0 Å². The number of nitrogens with zero attached hydrogens (tertiary/aromatic N) is 1. The fourth-order valence-corrected chi connectivity index (χ4v) is 1.27. The van der Waals surface area contributed by atoms with Crippen molar-refractivity contribution in [2.45, 2.75) is 26.2 Å². The van der Waals surface area contributed by atoms with Crippen molar-refractivity contribution in [3.8, 4) is 0 Å². The highest BCUT2D eigenvalue weighted by molar-refractivity contribution is 5.18. The fraction of sp³-hybridized carbons (Fsp3) is 0.600. The Morgan fingerprint density at radius 2 is 2.33 bits per heavy atom. The Bertz CT molecular complexity index is 182. The van der Waals surface area contributed by atoms with Gasteiger partial charge in [0.15, 0.2) is 0 Å². The zero-order chi connectivity index (χ0) is 8.81. The molecule has 0 bridgehead atoms. The standard InChI is InChI=1S/C10H18N2/c1-2-3-4-7-12-8-5-10(11)6-9-12/h5-6,8H,2-4,7,9,11H2,1H3. The Kier molecular flexibility index (Phi) is 3.71.